The van der Waals surface area contributed by atoms with E-state index in [2.05, 4.69) is 34.6 Å². The molecule has 1 amide bonds. The molecule has 0 fully saturated rings. The van der Waals surface area contributed by atoms with E-state index in [9.17, 15) is 4.79 Å². The van der Waals surface area contributed by atoms with Crippen molar-refractivity contribution in [1.29, 1.82) is 0 Å². The Kier molecular flexibility index (Phi) is 6.04. The van der Waals surface area contributed by atoms with Gasteiger partial charge in [0.1, 0.15) is 5.69 Å². The first-order valence-corrected chi connectivity index (χ1v) is 8.80. The van der Waals surface area contributed by atoms with Gasteiger partial charge in [-0.05, 0) is 25.0 Å². The summed E-state index contributed by atoms with van der Waals surface area (Å²) >= 11 is 0. The van der Waals surface area contributed by atoms with Crippen molar-refractivity contribution in [2.24, 2.45) is 0 Å². The predicted molar refractivity (Wildman–Crippen MR) is 103 cm³/mol. The highest BCUT2D eigenvalue weighted by Gasteiger charge is 2.13. The maximum Gasteiger partial charge on any atom is 0.289 e. The number of benzene rings is 2. The van der Waals surface area contributed by atoms with E-state index in [4.69, 9.17) is 4.52 Å². The monoisotopic (exact) mass is 349 g/mol. The molecule has 3 aromatic rings. The molecule has 0 aliphatic rings. The Morgan fingerprint density at radius 1 is 1.04 bits per heavy atom. The van der Waals surface area contributed by atoms with Gasteiger partial charge in [0.15, 0.2) is 0 Å². The molecule has 0 aliphatic heterocycles. The molecule has 5 nitrogen and oxygen atoms in total. The Balaban J connectivity index is 1.40. The quantitative estimate of drug-likeness (QED) is 0.625. The number of anilines is 1. The van der Waals surface area contributed by atoms with Crippen LogP contribution in [0, 0.1) is 0 Å². The predicted octanol–water partition coefficient (Wildman–Crippen LogP) is 3.99. The summed E-state index contributed by atoms with van der Waals surface area (Å²) in [6.45, 7) is 1.56. The Labute approximate surface area is 153 Å². The molecule has 0 unspecified atom stereocenters. The summed E-state index contributed by atoms with van der Waals surface area (Å²) < 4.78 is 5.16. The van der Waals surface area contributed by atoms with Gasteiger partial charge in [0, 0.05) is 37.5 Å². The molecule has 0 atom stereocenters. The average molecular weight is 349 g/mol. The molecule has 1 aromatic heterocycles. The van der Waals surface area contributed by atoms with Crippen molar-refractivity contribution < 1.29 is 9.32 Å². The van der Waals surface area contributed by atoms with E-state index in [1.165, 1.54) is 5.69 Å². The molecule has 26 heavy (non-hydrogen) atoms. The largest absolute Gasteiger partial charge is 0.375 e. The SMILES string of the molecule is CN(CCCCNC(=O)c1cc(-c2ccccc2)no1)c1ccccc1. The second kappa shape index (κ2) is 8.85. The number of rotatable bonds is 8. The zero-order valence-corrected chi connectivity index (χ0v) is 14.9. The second-order valence-electron chi connectivity index (χ2n) is 6.16. The van der Waals surface area contributed by atoms with Crippen LogP contribution in [0.15, 0.2) is 71.3 Å². The Morgan fingerprint density at radius 2 is 1.73 bits per heavy atom. The minimum atomic E-state index is -0.226. The molecule has 0 aliphatic carbocycles. The van der Waals surface area contributed by atoms with Crippen LogP contribution in [0.2, 0.25) is 0 Å². The number of hydrogen-bond donors (Lipinski definition) is 1. The molecule has 134 valence electrons. The van der Waals surface area contributed by atoms with Gasteiger partial charge in [-0.2, -0.15) is 0 Å². The van der Waals surface area contributed by atoms with Gasteiger partial charge in [-0.1, -0.05) is 53.7 Å². The number of unbranched alkanes of at least 4 members (excludes halogenated alkanes) is 1. The van der Waals surface area contributed by atoms with Crippen LogP contribution in [0.3, 0.4) is 0 Å². The maximum absolute atomic E-state index is 12.2. The Hall–Kier alpha value is -3.08. The molecule has 0 saturated heterocycles. The average Bonchev–Trinajstić information content (AvgIpc) is 3.19. The Bertz CT molecular complexity index is 816. The third kappa shape index (κ3) is 4.72. The van der Waals surface area contributed by atoms with Crippen LogP contribution in [0.1, 0.15) is 23.4 Å². The fourth-order valence-corrected chi connectivity index (χ4v) is 2.70. The first kappa shape index (κ1) is 17.7. The first-order chi connectivity index (χ1) is 12.7. The van der Waals surface area contributed by atoms with Crippen molar-refractivity contribution in [3.8, 4) is 11.3 Å². The molecule has 1 N–H and O–H groups in total. The van der Waals surface area contributed by atoms with Gasteiger partial charge >= 0.3 is 0 Å². The third-order valence-corrected chi connectivity index (χ3v) is 4.21. The summed E-state index contributed by atoms with van der Waals surface area (Å²) in [4.78, 5) is 14.4. The van der Waals surface area contributed by atoms with Crippen LogP contribution < -0.4 is 10.2 Å². The van der Waals surface area contributed by atoms with Gasteiger partial charge in [-0.15, -0.1) is 0 Å². The number of nitrogens with zero attached hydrogens (tertiary/aromatic N) is 2. The van der Waals surface area contributed by atoms with Crippen LogP contribution in [-0.2, 0) is 0 Å². The molecule has 0 saturated carbocycles. The molecule has 0 bridgehead atoms. The van der Waals surface area contributed by atoms with Gasteiger partial charge in [0.2, 0.25) is 5.76 Å². The lowest BCUT2D eigenvalue weighted by atomic mass is 10.1. The van der Waals surface area contributed by atoms with Crippen LogP contribution in [0.5, 0.6) is 0 Å². The zero-order chi connectivity index (χ0) is 18.2. The van der Waals surface area contributed by atoms with E-state index in [0.717, 1.165) is 24.9 Å². The molecule has 0 radical (unpaired) electrons. The van der Waals surface area contributed by atoms with Crippen molar-refractivity contribution in [1.82, 2.24) is 10.5 Å². The highest BCUT2D eigenvalue weighted by atomic mass is 16.5. The maximum atomic E-state index is 12.2. The molecule has 5 heteroatoms. The molecule has 2 aromatic carbocycles. The van der Waals surface area contributed by atoms with Gasteiger partial charge in [-0.25, -0.2) is 0 Å². The highest BCUT2D eigenvalue weighted by molar-refractivity contribution is 5.92. The molecule has 1 heterocycles. The summed E-state index contributed by atoms with van der Waals surface area (Å²) in [6, 6.07) is 21.6. The number of amides is 1. The van der Waals surface area contributed by atoms with Crippen molar-refractivity contribution in [3.63, 3.8) is 0 Å². The van der Waals surface area contributed by atoms with Crippen LogP contribution in [0.4, 0.5) is 5.69 Å². The van der Waals surface area contributed by atoms with Crippen LogP contribution >= 0.6 is 0 Å². The van der Waals surface area contributed by atoms with Crippen molar-refractivity contribution in [2.75, 3.05) is 25.0 Å². The summed E-state index contributed by atoms with van der Waals surface area (Å²) in [5.74, 6) is 0.0151. The van der Waals surface area contributed by atoms with E-state index in [-0.39, 0.29) is 11.7 Å². The summed E-state index contributed by atoms with van der Waals surface area (Å²) in [5, 5.41) is 6.85. The smallest absolute Gasteiger partial charge is 0.289 e. The molecular formula is C21H23N3O2. The third-order valence-electron chi connectivity index (χ3n) is 4.21. The number of para-hydroxylation sites is 1. The van der Waals surface area contributed by atoms with Gasteiger partial charge in [-0.3, -0.25) is 4.79 Å². The van der Waals surface area contributed by atoms with Crippen molar-refractivity contribution >= 4 is 11.6 Å². The van der Waals surface area contributed by atoms with Gasteiger partial charge in [0.05, 0.1) is 0 Å². The summed E-state index contributed by atoms with van der Waals surface area (Å²) in [7, 11) is 2.08. The number of aromatic nitrogens is 1. The molecular weight excluding hydrogens is 326 g/mol. The standard InChI is InChI=1S/C21H23N3O2/c1-24(18-12-6-3-7-13-18)15-9-8-14-22-21(25)20-16-19(23-26-20)17-10-4-2-5-11-17/h2-7,10-13,16H,8-9,14-15H2,1H3,(H,22,25). The van der Waals surface area contributed by atoms with Crippen molar-refractivity contribution in [2.45, 2.75) is 12.8 Å². The van der Waals surface area contributed by atoms with Gasteiger partial charge in [0.25, 0.3) is 5.91 Å². The number of hydrogen-bond acceptors (Lipinski definition) is 4. The minimum absolute atomic E-state index is 0.226. The lowest BCUT2D eigenvalue weighted by Crippen LogP contribution is -2.25. The first-order valence-electron chi connectivity index (χ1n) is 8.80. The number of nitrogens with one attached hydrogen (secondary N) is 1. The van der Waals surface area contributed by atoms with E-state index in [1.807, 2.05) is 48.5 Å². The normalized spacial score (nSPS) is 10.5. The van der Waals surface area contributed by atoms with Gasteiger partial charge < -0.3 is 14.7 Å². The van der Waals surface area contributed by atoms with Crippen LogP contribution in [-0.4, -0.2) is 31.2 Å². The Morgan fingerprint density at radius 3 is 2.46 bits per heavy atom. The van der Waals surface area contributed by atoms with Crippen molar-refractivity contribution in [3.05, 3.63) is 72.5 Å². The van der Waals surface area contributed by atoms with Crippen LogP contribution in [0.25, 0.3) is 11.3 Å². The highest BCUT2D eigenvalue weighted by Crippen LogP contribution is 2.18. The second-order valence-corrected chi connectivity index (χ2v) is 6.16. The minimum Gasteiger partial charge on any atom is -0.375 e. The summed E-state index contributed by atoms with van der Waals surface area (Å²) in [6.07, 6.45) is 1.90. The number of carbonyl (C=O) groups is 1. The number of carbonyl (C=O) groups excluding carboxylic acids is 1. The van der Waals surface area contributed by atoms with E-state index < -0.39 is 0 Å². The molecule has 3 rings (SSSR count). The molecule has 0 spiro atoms. The summed E-state index contributed by atoms with van der Waals surface area (Å²) in [5.41, 5.74) is 2.80. The lowest BCUT2D eigenvalue weighted by Gasteiger charge is -2.18. The van der Waals surface area contributed by atoms with E-state index >= 15 is 0 Å². The zero-order valence-electron chi connectivity index (χ0n) is 14.9. The fraction of sp³-hybridized carbons (Fsp3) is 0.238. The topological polar surface area (TPSA) is 58.4 Å². The van der Waals surface area contributed by atoms with E-state index in [0.29, 0.717) is 12.2 Å². The lowest BCUT2D eigenvalue weighted by molar-refractivity contribution is 0.0916. The fourth-order valence-electron chi connectivity index (χ4n) is 2.70. The van der Waals surface area contributed by atoms with E-state index in [1.54, 1.807) is 6.07 Å².